The highest BCUT2D eigenvalue weighted by Crippen LogP contribution is 2.32. The van der Waals surface area contributed by atoms with Crippen LogP contribution in [0.3, 0.4) is 0 Å². The van der Waals surface area contributed by atoms with Gasteiger partial charge >= 0.3 is 0 Å². The Balaban J connectivity index is 0.941. The van der Waals surface area contributed by atoms with Crippen molar-refractivity contribution in [1.82, 2.24) is 25.0 Å². The summed E-state index contributed by atoms with van der Waals surface area (Å²) in [4.78, 5) is 59.4. The van der Waals surface area contributed by atoms with Crippen LogP contribution >= 0.6 is 0 Å². The van der Waals surface area contributed by atoms with Crippen LogP contribution in [0.4, 0.5) is 0 Å². The lowest BCUT2D eigenvalue weighted by Crippen LogP contribution is -2.52. The highest BCUT2D eigenvalue weighted by Gasteiger charge is 2.39. The molecular formula is C34H37N5O5. The van der Waals surface area contributed by atoms with E-state index in [1.54, 1.807) is 17.9 Å². The average Bonchev–Trinajstić information content (AvgIpc) is 3.59. The highest BCUT2D eigenvalue weighted by molar-refractivity contribution is 6.05. The molecule has 10 nitrogen and oxygen atoms in total. The van der Waals surface area contributed by atoms with E-state index in [0.717, 1.165) is 79.9 Å². The molecule has 0 unspecified atom stereocenters. The van der Waals surface area contributed by atoms with Crippen LogP contribution < -0.4 is 10.1 Å². The van der Waals surface area contributed by atoms with Gasteiger partial charge in [0.1, 0.15) is 17.9 Å². The summed E-state index contributed by atoms with van der Waals surface area (Å²) in [5, 5.41) is 3.49. The number of carbonyl (C=O) groups excluding carboxylic acids is 4. The molecule has 3 aromatic rings. The molecule has 1 N–H and O–H groups in total. The standard InChI is InChI=1S/C34H37N5O5/c1-21(40)38-14-10-23(11-15-38)29-7-3-24-16-22(2-6-30(24)35-29)18-37-13-12-27(20-37)44-26-4-5-28-25(17-26)19-39(34(28)43)31-8-9-32(41)36-33(31)42/h2-7,16-17,23,27,31H,8-15,18-20H2,1H3,(H,36,41,42)/t27-,31-/m0/s1. The lowest BCUT2D eigenvalue weighted by molar-refractivity contribution is -0.137. The van der Waals surface area contributed by atoms with Crippen molar-refractivity contribution >= 4 is 34.5 Å². The van der Waals surface area contributed by atoms with E-state index in [4.69, 9.17) is 9.72 Å². The van der Waals surface area contributed by atoms with Crippen LogP contribution in [0, 0.1) is 0 Å². The minimum absolute atomic E-state index is 0.0514. The molecule has 2 atom stereocenters. The molecule has 5 heterocycles. The largest absolute Gasteiger partial charge is 0.489 e. The van der Waals surface area contributed by atoms with Gasteiger partial charge in [0, 0.05) is 75.2 Å². The molecule has 44 heavy (non-hydrogen) atoms. The summed E-state index contributed by atoms with van der Waals surface area (Å²) >= 11 is 0. The van der Waals surface area contributed by atoms with Crippen LogP contribution in [0.5, 0.6) is 5.75 Å². The number of likely N-dealkylation sites (tertiary alicyclic amines) is 2. The lowest BCUT2D eigenvalue weighted by Gasteiger charge is -2.31. The van der Waals surface area contributed by atoms with E-state index < -0.39 is 11.9 Å². The first-order chi connectivity index (χ1) is 21.3. The molecular weight excluding hydrogens is 558 g/mol. The number of aromatic nitrogens is 1. The number of hydrogen-bond donors (Lipinski definition) is 1. The Morgan fingerprint density at radius 3 is 2.61 bits per heavy atom. The van der Waals surface area contributed by atoms with Gasteiger partial charge in [-0.05, 0) is 73.2 Å². The second-order valence-electron chi connectivity index (χ2n) is 12.5. The third kappa shape index (κ3) is 5.66. The van der Waals surface area contributed by atoms with Gasteiger partial charge in [0.05, 0.1) is 5.52 Å². The van der Waals surface area contributed by atoms with E-state index >= 15 is 0 Å². The van der Waals surface area contributed by atoms with Gasteiger partial charge in [0.15, 0.2) is 0 Å². The van der Waals surface area contributed by atoms with E-state index in [0.29, 0.717) is 24.4 Å². The van der Waals surface area contributed by atoms with Gasteiger partial charge < -0.3 is 14.5 Å². The Kier molecular flexibility index (Phi) is 7.53. The number of imide groups is 1. The normalized spacial score (nSPS) is 22.9. The quantitative estimate of drug-likeness (QED) is 0.435. The summed E-state index contributed by atoms with van der Waals surface area (Å²) in [5.74, 6) is 0.409. The Morgan fingerprint density at radius 2 is 1.82 bits per heavy atom. The topological polar surface area (TPSA) is 112 Å². The number of benzene rings is 2. The number of amides is 4. The fraction of sp³-hybridized carbons (Fsp3) is 0.441. The van der Waals surface area contributed by atoms with E-state index in [1.807, 2.05) is 17.0 Å². The van der Waals surface area contributed by atoms with Crippen molar-refractivity contribution in [3.8, 4) is 5.75 Å². The van der Waals surface area contributed by atoms with Crippen molar-refractivity contribution < 1.29 is 23.9 Å². The van der Waals surface area contributed by atoms with Crippen LogP contribution in [0.1, 0.15) is 72.1 Å². The minimum Gasteiger partial charge on any atom is -0.489 e. The zero-order valence-corrected chi connectivity index (χ0v) is 25.0. The van der Waals surface area contributed by atoms with E-state index in [2.05, 4.69) is 40.5 Å². The Morgan fingerprint density at radius 1 is 0.977 bits per heavy atom. The fourth-order valence-electron chi connectivity index (χ4n) is 7.12. The third-order valence-electron chi connectivity index (χ3n) is 9.57. The van der Waals surface area contributed by atoms with Crippen molar-refractivity contribution in [2.45, 2.75) is 70.2 Å². The molecule has 10 heteroatoms. The summed E-state index contributed by atoms with van der Waals surface area (Å²) in [5.41, 5.74) is 4.81. The molecule has 3 saturated heterocycles. The second-order valence-corrected chi connectivity index (χ2v) is 12.5. The molecule has 4 aliphatic rings. The van der Waals surface area contributed by atoms with Crippen LogP contribution in [0.15, 0.2) is 48.5 Å². The SMILES string of the molecule is CC(=O)N1CCC(c2ccc3cc(CN4CC[C@H](Oc5ccc6c(c5)CN([C@H]5CCC(=O)NC5=O)C6=O)C4)ccc3n2)CC1. The molecule has 0 aliphatic carbocycles. The summed E-state index contributed by atoms with van der Waals surface area (Å²) in [7, 11) is 0. The number of ether oxygens (including phenoxy) is 1. The number of carbonyl (C=O) groups is 4. The van der Waals surface area contributed by atoms with Crippen LogP contribution in [0.25, 0.3) is 10.9 Å². The zero-order chi connectivity index (χ0) is 30.4. The van der Waals surface area contributed by atoms with Crippen molar-refractivity contribution in [1.29, 1.82) is 0 Å². The van der Waals surface area contributed by atoms with E-state index in [1.165, 1.54) is 5.56 Å². The van der Waals surface area contributed by atoms with Gasteiger partial charge in [-0.15, -0.1) is 0 Å². The number of pyridine rings is 1. The molecule has 2 aromatic carbocycles. The van der Waals surface area contributed by atoms with Gasteiger partial charge in [-0.25, -0.2) is 0 Å². The monoisotopic (exact) mass is 595 g/mol. The maximum absolute atomic E-state index is 13.0. The van der Waals surface area contributed by atoms with E-state index in [-0.39, 0.29) is 30.2 Å². The second kappa shape index (κ2) is 11.6. The number of piperidine rings is 2. The molecule has 0 radical (unpaired) electrons. The van der Waals surface area contributed by atoms with Gasteiger partial charge in [-0.3, -0.25) is 34.4 Å². The Bertz CT molecular complexity index is 1650. The van der Waals surface area contributed by atoms with Crippen LogP contribution in [-0.2, 0) is 27.5 Å². The lowest BCUT2D eigenvalue weighted by atomic mass is 9.92. The minimum atomic E-state index is -0.620. The summed E-state index contributed by atoms with van der Waals surface area (Å²) < 4.78 is 6.35. The Labute approximate surface area is 256 Å². The van der Waals surface area contributed by atoms with Gasteiger partial charge in [-0.2, -0.15) is 0 Å². The number of hydrogen-bond acceptors (Lipinski definition) is 7. The maximum Gasteiger partial charge on any atom is 0.255 e. The molecule has 228 valence electrons. The molecule has 4 aliphatic heterocycles. The average molecular weight is 596 g/mol. The zero-order valence-electron chi connectivity index (χ0n) is 25.0. The Hall–Kier alpha value is -4.31. The van der Waals surface area contributed by atoms with Crippen molar-refractivity contribution in [3.05, 3.63) is 70.9 Å². The molecule has 7 rings (SSSR count). The number of rotatable bonds is 6. The number of nitrogens with zero attached hydrogens (tertiary/aromatic N) is 4. The van der Waals surface area contributed by atoms with E-state index in [9.17, 15) is 19.2 Å². The molecule has 0 saturated carbocycles. The number of nitrogens with one attached hydrogen (secondary N) is 1. The number of fused-ring (bicyclic) bond motifs is 2. The smallest absolute Gasteiger partial charge is 0.255 e. The first-order valence-corrected chi connectivity index (χ1v) is 15.6. The summed E-state index contributed by atoms with van der Waals surface area (Å²) in [6, 6.07) is 15.8. The van der Waals surface area contributed by atoms with Crippen molar-refractivity contribution in [3.63, 3.8) is 0 Å². The van der Waals surface area contributed by atoms with Gasteiger partial charge in [0.2, 0.25) is 17.7 Å². The fourth-order valence-corrected chi connectivity index (χ4v) is 7.12. The first-order valence-electron chi connectivity index (χ1n) is 15.6. The molecule has 3 fully saturated rings. The highest BCUT2D eigenvalue weighted by atomic mass is 16.5. The summed E-state index contributed by atoms with van der Waals surface area (Å²) in [6.45, 7) is 6.16. The molecule has 0 bridgehead atoms. The molecule has 0 spiro atoms. The van der Waals surface area contributed by atoms with Crippen LogP contribution in [0.2, 0.25) is 0 Å². The predicted molar refractivity (Wildman–Crippen MR) is 163 cm³/mol. The van der Waals surface area contributed by atoms with Gasteiger partial charge in [-0.1, -0.05) is 12.1 Å². The van der Waals surface area contributed by atoms with Gasteiger partial charge in [0.25, 0.3) is 5.91 Å². The van der Waals surface area contributed by atoms with Crippen molar-refractivity contribution in [2.75, 3.05) is 26.2 Å². The maximum atomic E-state index is 13.0. The molecule has 1 aromatic heterocycles. The predicted octanol–water partition coefficient (Wildman–Crippen LogP) is 3.38. The van der Waals surface area contributed by atoms with Crippen LogP contribution in [-0.4, -0.2) is 81.6 Å². The first kappa shape index (κ1) is 28.5. The van der Waals surface area contributed by atoms with Crippen molar-refractivity contribution in [2.24, 2.45) is 0 Å². The summed E-state index contributed by atoms with van der Waals surface area (Å²) in [6.07, 6.45) is 3.47. The molecule has 4 amide bonds. The third-order valence-corrected chi connectivity index (χ3v) is 9.57.